The van der Waals surface area contributed by atoms with Gasteiger partial charge in [0.25, 0.3) is 0 Å². The summed E-state index contributed by atoms with van der Waals surface area (Å²) in [5.41, 5.74) is 3.44. The molecule has 0 saturated carbocycles. The fourth-order valence-electron chi connectivity index (χ4n) is 1.78. The Balaban J connectivity index is 1.90. The number of hydrazone groups is 1. The predicted octanol–water partition coefficient (Wildman–Crippen LogP) is 2.22. The molecule has 0 bridgehead atoms. The number of carbonyl (C=O) groups is 3. The maximum Gasteiger partial charge on any atom is 0.337 e. The van der Waals surface area contributed by atoms with Crippen molar-refractivity contribution in [3.8, 4) is 0 Å². The maximum atomic E-state index is 11.8. The zero-order valence-corrected chi connectivity index (χ0v) is 13.9. The third-order valence-electron chi connectivity index (χ3n) is 3.04. The molecule has 7 nitrogen and oxygen atoms in total. The van der Waals surface area contributed by atoms with Gasteiger partial charge in [-0.3, -0.25) is 9.59 Å². The SMILES string of the molecule is COC(=O)c1ccc(C=NNC(=O)C(=O)Nc2ccccc2Cl)cc1. The van der Waals surface area contributed by atoms with Crippen LogP contribution in [0, 0.1) is 0 Å². The summed E-state index contributed by atoms with van der Waals surface area (Å²) in [6.07, 6.45) is 1.34. The van der Waals surface area contributed by atoms with E-state index >= 15 is 0 Å². The minimum absolute atomic E-state index is 0.317. The Kier molecular flexibility index (Phi) is 6.25. The number of para-hydroxylation sites is 1. The van der Waals surface area contributed by atoms with Gasteiger partial charge in [0, 0.05) is 0 Å². The fourth-order valence-corrected chi connectivity index (χ4v) is 1.96. The smallest absolute Gasteiger partial charge is 0.337 e. The van der Waals surface area contributed by atoms with Crippen molar-refractivity contribution in [2.24, 2.45) is 5.10 Å². The number of rotatable bonds is 4. The van der Waals surface area contributed by atoms with Gasteiger partial charge in [-0.1, -0.05) is 35.9 Å². The van der Waals surface area contributed by atoms with E-state index in [0.717, 1.165) is 0 Å². The molecule has 0 aliphatic heterocycles. The van der Waals surface area contributed by atoms with E-state index in [2.05, 4.69) is 20.6 Å². The first-order chi connectivity index (χ1) is 12.0. The maximum absolute atomic E-state index is 11.8. The number of anilines is 1. The summed E-state index contributed by atoms with van der Waals surface area (Å²) in [7, 11) is 1.29. The van der Waals surface area contributed by atoms with Crippen LogP contribution in [-0.4, -0.2) is 31.1 Å². The number of hydrogen-bond donors (Lipinski definition) is 2. The second-order valence-electron chi connectivity index (χ2n) is 4.75. The molecular weight excluding hydrogens is 346 g/mol. The fraction of sp³-hybridized carbons (Fsp3) is 0.0588. The number of amides is 2. The third kappa shape index (κ3) is 5.15. The van der Waals surface area contributed by atoms with Crippen LogP contribution in [0.4, 0.5) is 5.69 Å². The van der Waals surface area contributed by atoms with Crippen LogP contribution >= 0.6 is 11.6 Å². The first kappa shape index (κ1) is 18.2. The Morgan fingerprint density at radius 3 is 2.36 bits per heavy atom. The van der Waals surface area contributed by atoms with Crippen LogP contribution in [0.3, 0.4) is 0 Å². The molecule has 2 amide bonds. The lowest BCUT2D eigenvalue weighted by Crippen LogP contribution is -2.32. The Morgan fingerprint density at radius 2 is 1.72 bits per heavy atom. The molecule has 0 radical (unpaired) electrons. The van der Waals surface area contributed by atoms with E-state index in [1.807, 2.05) is 0 Å². The van der Waals surface area contributed by atoms with Crippen LogP contribution in [0.25, 0.3) is 0 Å². The molecular formula is C17H14ClN3O4. The quantitative estimate of drug-likeness (QED) is 0.378. The molecule has 0 saturated heterocycles. The van der Waals surface area contributed by atoms with Gasteiger partial charge >= 0.3 is 17.8 Å². The van der Waals surface area contributed by atoms with Crippen molar-refractivity contribution in [2.75, 3.05) is 12.4 Å². The Morgan fingerprint density at radius 1 is 1.04 bits per heavy atom. The molecule has 2 N–H and O–H groups in total. The van der Waals surface area contributed by atoms with Crippen LogP contribution < -0.4 is 10.7 Å². The standard InChI is InChI=1S/C17H14ClN3O4/c1-25-17(24)12-8-6-11(7-9-12)10-19-21-16(23)15(22)20-14-5-3-2-4-13(14)18/h2-10H,1H3,(H,20,22)(H,21,23). The number of esters is 1. The second kappa shape index (κ2) is 8.60. The van der Waals surface area contributed by atoms with E-state index in [1.165, 1.54) is 13.3 Å². The number of ether oxygens (including phenoxy) is 1. The van der Waals surface area contributed by atoms with Gasteiger partial charge < -0.3 is 10.1 Å². The normalized spacial score (nSPS) is 10.3. The van der Waals surface area contributed by atoms with Crippen molar-refractivity contribution in [1.82, 2.24) is 5.43 Å². The number of halogens is 1. The van der Waals surface area contributed by atoms with Crippen molar-refractivity contribution in [3.05, 3.63) is 64.7 Å². The topological polar surface area (TPSA) is 96.9 Å². The largest absolute Gasteiger partial charge is 0.465 e. The lowest BCUT2D eigenvalue weighted by molar-refractivity contribution is -0.136. The average molecular weight is 360 g/mol. The molecule has 128 valence electrons. The Hall–Kier alpha value is -3.19. The van der Waals surface area contributed by atoms with Gasteiger partial charge in [0.1, 0.15) is 0 Å². The average Bonchev–Trinajstić information content (AvgIpc) is 2.63. The monoisotopic (exact) mass is 359 g/mol. The molecule has 2 aromatic rings. The molecule has 0 atom stereocenters. The summed E-state index contributed by atoms with van der Waals surface area (Å²) in [6.45, 7) is 0. The van der Waals surface area contributed by atoms with E-state index < -0.39 is 17.8 Å². The summed E-state index contributed by atoms with van der Waals surface area (Å²) < 4.78 is 4.59. The predicted molar refractivity (Wildman–Crippen MR) is 93.6 cm³/mol. The molecule has 0 spiro atoms. The van der Waals surface area contributed by atoms with Crippen LogP contribution in [-0.2, 0) is 14.3 Å². The van der Waals surface area contributed by atoms with Crippen molar-refractivity contribution in [1.29, 1.82) is 0 Å². The summed E-state index contributed by atoms with van der Waals surface area (Å²) >= 11 is 5.89. The highest BCUT2D eigenvalue weighted by Crippen LogP contribution is 2.20. The molecule has 0 aliphatic rings. The van der Waals surface area contributed by atoms with E-state index in [0.29, 0.717) is 21.8 Å². The zero-order chi connectivity index (χ0) is 18.2. The highest BCUT2D eigenvalue weighted by Gasteiger charge is 2.14. The van der Waals surface area contributed by atoms with Gasteiger partial charge in [-0.25, -0.2) is 10.2 Å². The van der Waals surface area contributed by atoms with Crippen LogP contribution in [0.5, 0.6) is 0 Å². The molecule has 0 aliphatic carbocycles. The van der Waals surface area contributed by atoms with Crippen molar-refractivity contribution in [3.63, 3.8) is 0 Å². The first-order valence-electron chi connectivity index (χ1n) is 7.08. The van der Waals surface area contributed by atoms with Gasteiger partial charge in [-0.15, -0.1) is 0 Å². The van der Waals surface area contributed by atoms with Gasteiger partial charge in [0.15, 0.2) is 0 Å². The van der Waals surface area contributed by atoms with Gasteiger partial charge in [-0.2, -0.15) is 5.10 Å². The molecule has 2 aromatic carbocycles. The second-order valence-corrected chi connectivity index (χ2v) is 5.15. The summed E-state index contributed by atoms with van der Waals surface area (Å²) in [6, 6.07) is 12.9. The third-order valence-corrected chi connectivity index (χ3v) is 3.37. The van der Waals surface area contributed by atoms with Gasteiger partial charge in [-0.05, 0) is 29.8 Å². The number of carbonyl (C=O) groups excluding carboxylic acids is 3. The van der Waals surface area contributed by atoms with Gasteiger partial charge in [0.2, 0.25) is 0 Å². The molecule has 0 aromatic heterocycles. The minimum atomic E-state index is -0.942. The Labute approximate surface area is 148 Å². The van der Waals surface area contributed by atoms with E-state index in [1.54, 1.807) is 48.5 Å². The van der Waals surface area contributed by atoms with Crippen LogP contribution in [0.1, 0.15) is 15.9 Å². The number of hydrogen-bond acceptors (Lipinski definition) is 5. The number of methoxy groups -OCH3 is 1. The molecule has 0 heterocycles. The number of nitrogens with zero attached hydrogens (tertiary/aromatic N) is 1. The summed E-state index contributed by atoms with van der Waals surface area (Å²) in [5.74, 6) is -2.29. The molecule has 2 rings (SSSR count). The van der Waals surface area contributed by atoms with Crippen molar-refractivity contribution in [2.45, 2.75) is 0 Å². The Bertz CT molecular complexity index is 819. The number of benzene rings is 2. The van der Waals surface area contributed by atoms with Gasteiger partial charge in [0.05, 0.1) is 29.6 Å². The molecule has 0 fully saturated rings. The summed E-state index contributed by atoms with van der Waals surface area (Å²) in [5, 5.41) is 6.38. The lowest BCUT2D eigenvalue weighted by atomic mass is 10.1. The number of nitrogens with one attached hydrogen (secondary N) is 2. The summed E-state index contributed by atoms with van der Waals surface area (Å²) in [4.78, 5) is 34.8. The van der Waals surface area contributed by atoms with Crippen LogP contribution in [0.2, 0.25) is 5.02 Å². The van der Waals surface area contributed by atoms with Crippen molar-refractivity contribution >= 4 is 41.3 Å². The highest BCUT2D eigenvalue weighted by atomic mass is 35.5. The van der Waals surface area contributed by atoms with Crippen LogP contribution in [0.15, 0.2) is 53.6 Å². The molecule has 0 unspecified atom stereocenters. The minimum Gasteiger partial charge on any atom is -0.465 e. The molecule has 25 heavy (non-hydrogen) atoms. The highest BCUT2D eigenvalue weighted by molar-refractivity contribution is 6.41. The van der Waals surface area contributed by atoms with E-state index in [-0.39, 0.29) is 0 Å². The lowest BCUT2D eigenvalue weighted by Gasteiger charge is -2.05. The first-order valence-corrected chi connectivity index (χ1v) is 7.46. The van der Waals surface area contributed by atoms with E-state index in [9.17, 15) is 14.4 Å². The van der Waals surface area contributed by atoms with Crippen molar-refractivity contribution < 1.29 is 19.1 Å². The van der Waals surface area contributed by atoms with E-state index in [4.69, 9.17) is 11.6 Å². The zero-order valence-electron chi connectivity index (χ0n) is 13.2. The molecule has 8 heteroatoms.